The lowest BCUT2D eigenvalue weighted by Crippen LogP contribution is -2.65. The van der Waals surface area contributed by atoms with Gasteiger partial charge in [0.2, 0.25) is 5.91 Å². The van der Waals surface area contributed by atoms with Crippen molar-refractivity contribution in [2.24, 2.45) is 0 Å². The summed E-state index contributed by atoms with van der Waals surface area (Å²) < 4.78 is 22.5. The highest BCUT2D eigenvalue weighted by atomic mass is 16.7. The van der Waals surface area contributed by atoms with Crippen molar-refractivity contribution in [1.82, 2.24) is 5.32 Å². The molecule has 2 rings (SSSR count). The minimum Gasteiger partial charge on any atom is -0.394 e. The van der Waals surface area contributed by atoms with Crippen molar-refractivity contribution in [3.05, 3.63) is 72.9 Å². The van der Waals surface area contributed by atoms with E-state index in [1.54, 1.807) is 6.08 Å². The smallest absolute Gasteiger partial charge is 0.220 e. The van der Waals surface area contributed by atoms with E-state index in [0.29, 0.717) is 6.42 Å². The van der Waals surface area contributed by atoms with Gasteiger partial charge in [-0.25, -0.2) is 0 Å². The zero-order valence-corrected chi connectivity index (χ0v) is 47.2. The Morgan fingerprint density at radius 3 is 1.37 bits per heavy atom. The van der Waals surface area contributed by atoms with Crippen molar-refractivity contribution in [2.45, 2.75) is 293 Å². The van der Waals surface area contributed by atoms with Crippen LogP contribution in [0.4, 0.5) is 0 Å². The Hall–Kier alpha value is -2.57. The first-order chi connectivity index (χ1) is 37.1. The second-order valence-electron chi connectivity index (χ2n) is 21.1. The van der Waals surface area contributed by atoms with Crippen LogP contribution in [0, 0.1) is 0 Å². The molecule has 0 bridgehead atoms. The molecule has 440 valence electrons. The summed E-state index contributed by atoms with van der Waals surface area (Å²) in [6.07, 6.45) is 46.8. The van der Waals surface area contributed by atoms with Crippen molar-refractivity contribution in [2.75, 3.05) is 19.8 Å². The van der Waals surface area contributed by atoms with Gasteiger partial charge in [0.25, 0.3) is 0 Å². The number of hydrogen-bond donors (Lipinski definition) is 9. The van der Waals surface area contributed by atoms with Gasteiger partial charge in [-0.1, -0.05) is 228 Å². The number of hydrogen-bond acceptors (Lipinski definition) is 13. The van der Waals surface area contributed by atoms with Gasteiger partial charge in [-0.3, -0.25) is 4.79 Å². The SMILES string of the molecule is CC/C=C\C/C=C\C/C=C\C/C=C\C/C=C\CCCCCCCCCCCCCCCCCCCCCCCCCC(=O)NC(COC1OC(CO)C(OC2OC(CO)C(O)C(O)C2O)C(O)C1O)C(O)/C=C/CCC. The van der Waals surface area contributed by atoms with Crippen LogP contribution in [0.5, 0.6) is 0 Å². The highest BCUT2D eigenvalue weighted by molar-refractivity contribution is 5.76. The summed E-state index contributed by atoms with van der Waals surface area (Å²) in [5, 5.41) is 86.0. The lowest BCUT2D eigenvalue weighted by Gasteiger charge is -2.46. The molecule has 1 amide bonds. The molecule has 76 heavy (non-hydrogen) atoms. The van der Waals surface area contributed by atoms with E-state index in [1.165, 1.54) is 128 Å². The molecule has 2 heterocycles. The van der Waals surface area contributed by atoms with Crippen LogP contribution in [0.15, 0.2) is 72.9 Å². The molecule has 0 aromatic heterocycles. The van der Waals surface area contributed by atoms with E-state index >= 15 is 0 Å². The molecule has 2 aliphatic rings. The summed E-state index contributed by atoms with van der Waals surface area (Å²) in [5.41, 5.74) is 0. The molecule has 0 spiro atoms. The Kier molecular flexibility index (Phi) is 43.2. The Morgan fingerprint density at radius 2 is 0.908 bits per heavy atom. The molecule has 0 aromatic rings. The molecule has 14 nitrogen and oxygen atoms in total. The van der Waals surface area contributed by atoms with Crippen LogP contribution in [-0.4, -0.2) is 140 Å². The molecule has 2 saturated heterocycles. The quantitative estimate of drug-likeness (QED) is 0.0204. The zero-order valence-electron chi connectivity index (χ0n) is 47.2. The third-order valence-corrected chi connectivity index (χ3v) is 14.4. The van der Waals surface area contributed by atoms with Gasteiger partial charge in [-0.2, -0.15) is 0 Å². The van der Waals surface area contributed by atoms with Crippen molar-refractivity contribution in [3.8, 4) is 0 Å². The fraction of sp³-hybridized carbons (Fsp3) is 0.790. The first kappa shape index (κ1) is 69.5. The molecular formula is C62H109NO13. The molecule has 0 radical (unpaired) electrons. The van der Waals surface area contributed by atoms with Gasteiger partial charge >= 0.3 is 0 Å². The van der Waals surface area contributed by atoms with Gasteiger partial charge in [-0.05, 0) is 57.8 Å². The van der Waals surface area contributed by atoms with Crippen molar-refractivity contribution >= 4 is 5.91 Å². The number of allylic oxidation sites excluding steroid dienone is 11. The second kappa shape index (κ2) is 47.3. The van der Waals surface area contributed by atoms with E-state index in [9.17, 15) is 45.6 Å². The predicted octanol–water partition coefficient (Wildman–Crippen LogP) is 10.3. The number of aliphatic hydroxyl groups excluding tert-OH is 8. The summed E-state index contributed by atoms with van der Waals surface area (Å²) in [6.45, 7) is 2.44. The third-order valence-electron chi connectivity index (χ3n) is 14.4. The van der Waals surface area contributed by atoms with Gasteiger partial charge in [0.15, 0.2) is 12.6 Å². The largest absolute Gasteiger partial charge is 0.394 e. The molecule has 12 atom stereocenters. The van der Waals surface area contributed by atoms with E-state index < -0.39 is 86.8 Å². The molecule has 2 aliphatic heterocycles. The molecule has 0 saturated carbocycles. The minimum atomic E-state index is -1.79. The van der Waals surface area contributed by atoms with Crippen molar-refractivity contribution < 1.29 is 64.6 Å². The number of unbranched alkanes of at least 4 members (excludes halogenated alkanes) is 24. The average molecular weight is 1080 g/mol. The molecule has 14 heteroatoms. The van der Waals surface area contributed by atoms with Gasteiger partial charge < -0.3 is 65.1 Å². The summed E-state index contributed by atoms with van der Waals surface area (Å²) in [7, 11) is 0. The number of amides is 1. The first-order valence-corrected chi connectivity index (χ1v) is 30.2. The number of ether oxygens (including phenoxy) is 4. The van der Waals surface area contributed by atoms with Crippen LogP contribution in [0.1, 0.15) is 219 Å². The highest BCUT2D eigenvalue weighted by Gasteiger charge is 2.51. The first-order valence-electron chi connectivity index (χ1n) is 30.2. The second-order valence-corrected chi connectivity index (χ2v) is 21.1. The van der Waals surface area contributed by atoms with Crippen LogP contribution >= 0.6 is 0 Å². The maximum atomic E-state index is 13.0. The Morgan fingerprint density at radius 1 is 0.487 bits per heavy atom. The van der Waals surface area contributed by atoms with Gasteiger partial charge in [0.05, 0.1) is 32.0 Å². The number of nitrogens with one attached hydrogen (secondary N) is 1. The van der Waals surface area contributed by atoms with Gasteiger partial charge in [0.1, 0.15) is 48.8 Å². The molecule has 9 N–H and O–H groups in total. The molecular weight excluding hydrogens is 967 g/mol. The van der Waals surface area contributed by atoms with Crippen LogP contribution < -0.4 is 5.32 Å². The summed E-state index contributed by atoms with van der Waals surface area (Å²) in [4.78, 5) is 13.0. The van der Waals surface area contributed by atoms with E-state index in [0.717, 1.165) is 64.2 Å². The van der Waals surface area contributed by atoms with E-state index in [2.05, 4.69) is 73.0 Å². The van der Waals surface area contributed by atoms with Gasteiger partial charge in [0, 0.05) is 6.42 Å². The molecule has 2 fully saturated rings. The summed E-state index contributed by atoms with van der Waals surface area (Å²) in [6, 6.07) is -0.910. The topological polar surface area (TPSA) is 228 Å². The van der Waals surface area contributed by atoms with Crippen LogP contribution in [0.2, 0.25) is 0 Å². The molecule has 0 aromatic carbocycles. The van der Waals surface area contributed by atoms with Crippen molar-refractivity contribution in [3.63, 3.8) is 0 Å². The van der Waals surface area contributed by atoms with Crippen LogP contribution in [0.25, 0.3) is 0 Å². The van der Waals surface area contributed by atoms with E-state index in [-0.39, 0.29) is 18.9 Å². The van der Waals surface area contributed by atoms with Crippen molar-refractivity contribution in [1.29, 1.82) is 0 Å². The number of rotatable bonds is 47. The summed E-state index contributed by atoms with van der Waals surface area (Å²) in [5.74, 6) is -0.251. The standard InChI is InChI=1S/C62H109NO13/c1-3-5-7-8-9-10-11-12-13-14-15-16-17-18-19-20-21-22-23-24-25-26-27-28-29-30-31-32-33-34-35-36-37-38-39-40-41-42-44-46-54(67)63-50(51(66)45-43-6-4-2)49-73-61-59(72)57(70)60(53(48-65)75-61)76-62-58(71)56(69)55(68)52(47-64)74-62/h5,7,9-10,12-13,15-16,18-19,43,45,50-53,55-62,64-66,68-72H,3-4,6,8,11,14,17,20-42,44,46-49H2,1-2H3,(H,63,67)/b7-5-,10-9-,13-12-,16-15-,19-18-,45-43+. The maximum Gasteiger partial charge on any atom is 0.220 e. The maximum absolute atomic E-state index is 13.0. The van der Waals surface area contributed by atoms with Crippen LogP contribution in [0.3, 0.4) is 0 Å². The predicted molar refractivity (Wildman–Crippen MR) is 304 cm³/mol. The molecule has 12 unspecified atom stereocenters. The minimum absolute atomic E-state index is 0.251. The monoisotopic (exact) mass is 1080 g/mol. The number of carbonyl (C=O) groups excluding carboxylic acids is 1. The fourth-order valence-electron chi connectivity index (χ4n) is 9.56. The Labute approximate surface area is 459 Å². The lowest BCUT2D eigenvalue weighted by molar-refractivity contribution is -0.359. The zero-order chi connectivity index (χ0) is 55.3. The number of carbonyl (C=O) groups is 1. The fourth-order valence-corrected chi connectivity index (χ4v) is 9.56. The highest BCUT2D eigenvalue weighted by Crippen LogP contribution is 2.30. The Bertz CT molecular complexity index is 1550. The van der Waals surface area contributed by atoms with Crippen LogP contribution in [-0.2, 0) is 23.7 Å². The third kappa shape index (κ3) is 32.5. The van der Waals surface area contributed by atoms with Gasteiger partial charge in [-0.15, -0.1) is 0 Å². The lowest BCUT2D eigenvalue weighted by atomic mass is 9.97. The number of aliphatic hydroxyl groups is 8. The normalized spacial score (nSPS) is 25.4. The average Bonchev–Trinajstić information content (AvgIpc) is 3.42. The summed E-state index contributed by atoms with van der Waals surface area (Å²) >= 11 is 0. The van der Waals surface area contributed by atoms with E-state index in [4.69, 9.17) is 18.9 Å². The Balaban J connectivity index is 1.44. The van der Waals surface area contributed by atoms with E-state index in [1.807, 2.05) is 13.0 Å². The molecule has 0 aliphatic carbocycles.